The van der Waals surface area contributed by atoms with E-state index in [0.717, 1.165) is 0 Å². The predicted octanol–water partition coefficient (Wildman–Crippen LogP) is 0.893. The largest absolute Gasteiger partial charge is 0.477 e. The number of alkyl halides is 2. The number of carboxylic acids is 1. The van der Waals surface area contributed by atoms with Crippen molar-refractivity contribution in [2.75, 3.05) is 5.73 Å². The average Bonchev–Trinajstić information content (AvgIpc) is 2.30. The third-order valence-corrected chi connectivity index (χ3v) is 1.17. The summed E-state index contributed by atoms with van der Waals surface area (Å²) in [5.41, 5.74) is 3.22. The number of carbonyl (C=O) groups is 1. The van der Waals surface area contributed by atoms with Gasteiger partial charge in [0.15, 0.2) is 11.3 Å². The van der Waals surface area contributed by atoms with Crippen LogP contribution in [0.25, 0.3) is 0 Å². The molecule has 0 saturated carbocycles. The number of carboxylic acid groups (broad SMARTS) is 1. The van der Waals surface area contributed by atoms with Crippen molar-refractivity contribution in [3.63, 3.8) is 0 Å². The van der Waals surface area contributed by atoms with E-state index < -0.39 is 29.5 Å². The van der Waals surface area contributed by atoms with Gasteiger partial charge in [-0.25, -0.2) is 13.6 Å². The average molecular weight is 178 g/mol. The molecule has 0 bridgehead atoms. The molecular formula is C5H4F2N2O3. The van der Waals surface area contributed by atoms with Crippen molar-refractivity contribution in [3.05, 3.63) is 11.3 Å². The minimum atomic E-state index is -3.00. The fourth-order valence-electron chi connectivity index (χ4n) is 0.680. The molecule has 0 spiro atoms. The topological polar surface area (TPSA) is 89.4 Å². The molecule has 7 heteroatoms. The minimum Gasteiger partial charge on any atom is -0.477 e. The second-order valence-electron chi connectivity index (χ2n) is 1.91. The smallest absolute Gasteiger partial charge is 0.343 e. The van der Waals surface area contributed by atoms with E-state index >= 15 is 0 Å². The standard InChI is InChI=1S/C5H4F2N2O3/c6-3(7)2-1(5(10)11)4(8)12-9-2/h3H,8H2,(H,10,11). The van der Waals surface area contributed by atoms with E-state index in [-0.39, 0.29) is 0 Å². The predicted molar refractivity (Wildman–Crippen MR) is 32.8 cm³/mol. The molecule has 0 aliphatic rings. The number of aromatic carboxylic acids is 1. The van der Waals surface area contributed by atoms with Crippen molar-refractivity contribution in [1.82, 2.24) is 5.16 Å². The summed E-state index contributed by atoms with van der Waals surface area (Å²) >= 11 is 0. The van der Waals surface area contributed by atoms with Crippen molar-refractivity contribution in [2.45, 2.75) is 6.43 Å². The van der Waals surface area contributed by atoms with Crippen LogP contribution in [0.3, 0.4) is 0 Å². The monoisotopic (exact) mass is 178 g/mol. The van der Waals surface area contributed by atoms with Crippen LogP contribution in [0.5, 0.6) is 0 Å². The summed E-state index contributed by atoms with van der Waals surface area (Å²) in [6, 6.07) is 0. The van der Waals surface area contributed by atoms with Crippen LogP contribution in [0.2, 0.25) is 0 Å². The van der Waals surface area contributed by atoms with Gasteiger partial charge in [-0.15, -0.1) is 0 Å². The number of hydrogen-bond donors (Lipinski definition) is 2. The van der Waals surface area contributed by atoms with Gasteiger partial charge in [0.2, 0.25) is 5.88 Å². The molecular weight excluding hydrogens is 174 g/mol. The zero-order chi connectivity index (χ0) is 9.30. The van der Waals surface area contributed by atoms with Gasteiger partial charge in [-0.05, 0) is 0 Å². The fourth-order valence-corrected chi connectivity index (χ4v) is 0.680. The molecule has 1 rings (SSSR count). The van der Waals surface area contributed by atoms with Crippen LogP contribution in [0, 0.1) is 0 Å². The maximum Gasteiger partial charge on any atom is 0.343 e. The van der Waals surface area contributed by atoms with E-state index in [0.29, 0.717) is 0 Å². The van der Waals surface area contributed by atoms with Crippen LogP contribution in [-0.4, -0.2) is 16.2 Å². The molecule has 0 amide bonds. The van der Waals surface area contributed by atoms with Gasteiger partial charge in [0, 0.05) is 0 Å². The molecule has 1 aromatic heterocycles. The lowest BCUT2D eigenvalue weighted by Crippen LogP contribution is -2.03. The summed E-state index contributed by atoms with van der Waals surface area (Å²) in [6.45, 7) is 0. The number of aromatic nitrogens is 1. The SMILES string of the molecule is Nc1onc(C(F)F)c1C(=O)O. The fraction of sp³-hybridized carbons (Fsp3) is 0.200. The highest BCUT2D eigenvalue weighted by atomic mass is 19.3. The maximum absolute atomic E-state index is 12.0. The number of halogens is 2. The first-order valence-corrected chi connectivity index (χ1v) is 2.80. The maximum atomic E-state index is 12.0. The van der Waals surface area contributed by atoms with Crippen molar-refractivity contribution in [1.29, 1.82) is 0 Å². The van der Waals surface area contributed by atoms with Gasteiger partial charge in [-0.3, -0.25) is 0 Å². The van der Waals surface area contributed by atoms with E-state index in [2.05, 4.69) is 9.68 Å². The molecule has 0 radical (unpaired) electrons. The Morgan fingerprint density at radius 2 is 2.25 bits per heavy atom. The zero-order valence-corrected chi connectivity index (χ0v) is 5.62. The minimum absolute atomic E-state index is 0.613. The van der Waals surface area contributed by atoms with Crippen LogP contribution < -0.4 is 5.73 Å². The summed E-state index contributed by atoms with van der Waals surface area (Å²) in [5.74, 6) is -2.19. The molecule has 0 atom stereocenters. The Labute approximate surface area is 64.8 Å². The second kappa shape index (κ2) is 2.76. The molecule has 3 N–H and O–H groups in total. The molecule has 12 heavy (non-hydrogen) atoms. The summed E-state index contributed by atoms with van der Waals surface area (Å²) in [4.78, 5) is 10.3. The van der Waals surface area contributed by atoms with Crippen LogP contribution in [0.4, 0.5) is 14.7 Å². The van der Waals surface area contributed by atoms with Gasteiger partial charge in [-0.1, -0.05) is 5.16 Å². The molecule has 0 saturated heterocycles. The Morgan fingerprint density at radius 3 is 2.58 bits per heavy atom. The number of rotatable bonds is 2. The third-order valence-electron chi connectivity index (χ3n) is 1.17. The molecule has 1 heterocycles. The van der Waals surface area contributed by atoms with E-state index in [1.807, 2.05) is 0 Å². The normalized spacial score (nSPS) is 10.6. The summed E-state index contributed by atoms with van der Waals surface area (Å²) in [7, 11) is 0. The molecule has 1 aromatic rings. The molecule has 66 valence electrons. The lowest BCUT2D eigenvalue weighted by Gasteiger charge is -1.93. The van der Waals surface area contributed by atoms with Crippen LogP contribution in [-0.2, 0) is 0 Å². The lowest BCUT2D eigenvalue weighted by atomic mass is 10.2. The number of hydrogen-bond acceptors (Lipinski definition) is 4. The Morgan fingerprint density at radius 1 is 1.67 bits per heavy atom. The molecule has 5 nitrogen and oxygen atoms in total. The second-order valence-corrected chi connectivity index (χ2v) is 1.91. The quantitative estimate of drug-likeness (QED) is 0.701. The Balaban J connectivity index is 3.21. The van der Waals surface area contributed by atoms with E-state index in [1.54, 1.807) is 0 Å². The van der Waals surface area contributed by atoms with Gasteiger partial charge in [0.05, 0.1) is 0 Å². The van der Waals surface area contributed by atoms with E-state index in [9.17, 15) is 13.6 Å². The number of nitrogens with zero attached hydrogens (tertiary/aromatic N) is 1. The summed E-state index contributed by atoms with van der Waals surface area (Å²) in [6.07, 6.45) is -3.00. The molecule has 0 unspecified atom stereocenters. The third kappa shape index (κ3) is 1.20. The first kappa shape index (κ1) is 8.44. The van der Waals surface area contributed by atoms with Crippen LogP contribution in [0.1, 0.15) is 22.5 Å². The highest BCUT2D eigenvalue weighted by molar-refractivity contribution is 5.93. The zero-order valence-electron chi connectivity index (χ0n) is 5.62. The Hall–Kier alpha value is -1.66. The van der Waals surface area contributed by atoms with Gasteiger partial charge < -0.3 is 15.4 Å². The molecule has 0 aromatic carbocycles. The Bertz CT molecular complexity index is 310. The van der Waals surface area contributed by atoms with Crippen molar-refractivity contribution < 1.29 is 23.2 Å². The van der Waals surface area contributed by atoms with Crippen molar-refractivity contribution in [2.24, 2.45) is 0 Å². The Kier molecular flexibility index (Phi) is 1.94. The van der Waals surface area contributed by atoms with Gasteiger partial charge in [-0.2, -0.15) is 0 Å². The van der Waals surface area contributed by atoms with Crippen LogP contribution >= 0.6 is 0 Å². The molecule has 0 fully saturated rings. The van der Waals surface area contributed by atoms with Gasteiger partial charge in [0.1, 0.15) is 0 Å². The number of nitrogens with two attached hydrogens (primary N) is 1. The first-order chi connectivity index (χ1) is 5.54. The van der Waals surface area contributed by atoms with Gasteiger partial charge >= 0.3 is 5.97 Å². The van der Waals surface area contributed by atoms with E-state index in [1.165, 1.54) is 0 Å². The van der Waals surface area contributed by atoms with Crippen molar-refractivity contribution >= 4 is 11.9 Å². The summed E-state index contributed by atoms with van der Waals surface area (Å²) in [5, 5.41) is 11.2. The first-order valence-electron chi connectivity index (χ1n) is 2.80. The molecule has 0 aliphatic carbocycles. The highest BCUT2D eigenvalue weighted by Gasteiger charge is 2.26. The van der Waals surface area contributed by atoms with Gasteiger partial charge in [0.25, 0.3) is 6.43 Å². The van der Waals surface area contributed by atoms with E-state index in [4.69, 9.17) is 10.8 Å². The lowest BCUT2D eigenvalue weighted by molar-refractivity contribution is 0.0685. The molecule has 0 aliphatic heterocycles. The summed E-state index contributed by atoms with van der Waals surface area (Å²) < 4.78 is 28.0. The number of nitrogen functional groups attached to an aromatic ring is 1. The van der Waals surface area contributed by atoms with Crippen molar-refractivity contribution in [3.8, 4) is 0 Å². The highest BCUT2D eigenvalue weighted by Crippen LogP contribution is 2.25. The van der Waals surface area contributed by atoms with Crippen LogP contribution in [0.15, 0.2) is 4.52 Å². The number of anilines is 1.